The predicted molar refractivity (Wildman–Crippen MR) is 94.0 cm³/mol. The number of aryl methyl sites for hydroxylation is 2. The second kappa shape index (κ2) is 7.50. The van der Waals surface area contributed by atoms with Gasteiger partial charge in [-0.15, -0.1) is 0 Å². The van der Waals surface area contributed by atoms with Gasteiger partial charge in [-0.25, -0.2) is 0 Å². The number of hydrogen-bond donors (Lipinski definition) is 0. The smallest absolute Gasteiger partial charge is 0.453 e. The highest BCUT2D eigenvalue weighted by atomic mass is 19.4. The molecule has 0 unspecified atom stereocenters. The number of rotatable bonds is 5. The highest BCUT2D eigenvalue weighted by Crippen LogP contribution is 2.38. The Morgan fingerprint density at radius 3 is 2.38 bits per heavy atom. The second-order valence-corrected chi connectivity index (χ2v) is 6.25. The molecule has 0 aliphatic carbocycles. The van der Waals surface area contributed by atoms with E-state index in [9.17, 15) is 27.9 Å². The quantitative estimate of drug-likeness (QED) is 0.645. The molecular weight excluding hydrogens is 393 g/mol. The van der Waals surface area contributed by atoms with Gasteiger partial charge in [-0.3, -0.25) is 4.79 Å². The molecule has 6 nitrogen and oxygen atoms in total. The molecule has 0 spiro atoms. The van der Waals surface area contributed by atoms with Gasteiger partial charge in [0.15, 0.2) is 0 Å². The number of hydrogen-bond acceptors (Lipinski definition) is 6. The monoisotopic (exact) mass is 407 g/mol. The zero-order valence-corrected chi connectivity index (χ0v) is 15.3. The van der Waals surface area contributed by atoms with Crippen molar-refractivity contribution in [3.05, 3.63) is 63.5 Å². The van der Waals surface area contributed by atoms with Crippen LogP contribution in [0.1, 0.15) is 16.9 Å². The fourth-order valence-corrected chi connectivity index (χ4v) is 2.56. The van der Waals surface area contributed by atoms with Crippen LogP contribution >= 0.6 is 0 Å². The maximum absolute atomic E-state index is 13.5. The lowest BCUT2D eigenvalue weighted by Gasteiger charge is -2.14. The average Bonchev–Trinajstić information content (AvgIpc) is 2.64. The largest absolute Gasteiger partial charge is 0.546 e. The first-order chi connectivity index (χ1) is 13.6. The Labute approximate surface area is 162 Å². The van der Waals surface area contributed by atoms with E-state index in [-0.39, 0.29) is 16.9 Å². The van der Waals surface area contributed by atoms with Crippen molar-refractivity contribution in [2.45, 2.75) is 20.0 Å². The maximum atomic E-state index is 13.5. The Kier molecular flexibility index (Phi) is 5.23. The van der Waals surface area contributed by atoms with Crippen molar-refractivity contribution in [3.8, 4) is 17.2 Å². The predicted octanol–water partition coefficient (Wildman–Crippen LogP) is 3.35. The number of carbonyl (C=O) groups excluding carboxylic acids is 1. The summed E-state index contributed by atoms with van der Waals surface area (Å²) in [5, 5.41) is 10.3. The van der Waals surface area contributed by atoms with Gasteiger partial charge in [0, 0.05) is 6.07 Å². The fraction of sp³-hybridized carbons (Fsp3) is 0.200. The molecule has 152 valence electrons. The average molecular weight is 407 g/mol. The van der Waals surface area contributed by atoms with E-state index in [0.29, 0.717) is 0 Å². The molecule has 2 aromatic carbocycles. The second-order valence-electron chi connectivity index (χ2n) is 6.25. The number of benzene rings is 2. The SMILES string of the molecule is Cc1ccc(Oc2c(C(F)(F)F)oc3cc(OCC(=O)[O-])ccc3c2=O)cc1C. The summed E-state index contributed by atoms with van der Waals surface area (Å²) in [5.41, 5.74) is 0.229. The normalized spacial score (nSPS) is 11.5. The Balaban J connectivity index is 2.14. The van der Waals surface area contributed by atoms with Gasteiger partial charge in [0.25, 0.3) is 5.76 Å². The number of carbonyl (C=O) groups is 1. The summed E-state index contributed by atoms with van der Waals surface area (Å²) in [5.74, 6) is -4.15. The molecule has 3 aromatic rings. The summed E-state index contributed by atoms with van der Waals surface area (Å²) < 4.78 is 55.6. The molecular formula is C20H14F3O6-. The van der Waals surface area contributed by atoms with Crippen molar-refractivity contribution in [1.82, 2.24) is 0 Å². The van der Waals surface area contributed by atoms with Crippen molar-refractivity contribution in [2.75, 3.05) is 6.61 Å². The first-order valence-electron chi connectivity index (χ1n) is 8.32. The first kappa shape index (κ1) is 20.2. The standard InChI is InChI=1S/C20H15F3O6/c1-10-3-4-13(7-11(10)2)28-18-17(26)14-6-5-12(27-9-16(24)25)8-15(14)29-19(18)20(21,22)23/h3-8H,9H2,1-2H3,(H,24,25)/p-1. The molecule has 29 heavy (non-hydrogen) atoms. The Morgan fingerprint density at radius 2 is 1.76 bits per heavy atom. The molecule has 1 aromatic heterocycles. The van der Waals surface area contributed by atoms with Gasteiger partial charge in [0.2, 0.25) is 11.2 Å². The summed E-state index contributed by atoms with van der Waals surface area (Å²) in [6.07, 6.45) is -5.01. The number of carboxylic acid groups (broad SMARTS) is 1. The van der Waals surface area contributed by atoms with E-state index >= 15 is 0 Å². The van der Waals surface area contributed by atoms with Gasteiger partial charge in [-0.1, -0.05) is 6.07 Å². The molecule has 0 fully saturated rings. The Bertz CT molecular complexity index is 1150. The summed E-state index contributed by atoms with van der Waals surface area (Å²) in [6, 6.07) is 8.00. The molecule has 1 heterocycles. The van der Waals surface area contributed by atoms with E-state index in [1.807, 2.05) is 6.92 Å². The molecule has 9 heteroatoms. The lowest BCUT2D eigenvalue weighted by molar-refractivity contribution is -0.307. The lowest BCUT2D eigenvalue weighted by Crippen LogP contribution is -2.28. The van der Waals surface area contributed by atoms with E-state index < -0.39 is 41.3 Å². The van der Waals surface area contributed by atoms with Crippen LogP contribution in [0.25, 0.3) is 11.0 Å². The van der Waals surface area contributed by atoms with Gasteiger partial charge < -0.3 is 23.8 Å². The summed E-state index contributed by atoms with van der Waals surface area (Å²) in [7, 11) is 0. The molecule has 0 radical (unpaired) electrons. The zero-order valence-electron chi connectivity index (χ0n) is 15.3. The van der Waals surface area contributed by atoms with Crippen LogP contribution < -0.4 is 20.0 Å². The van der Waals surface area contributed by atoms with Crippen molar-refractivity contribution in [2.24, 2.45) is 0 Å². The molecule has 0 aliphatic rings. The van der Waals surface area contributed by atoms with Gasteiger partial charge in [-0.2, -0.15) is 13.2 Å². The van der Waals surface area contributed by atoms with Crippen molar-refractivity contribution in [3.63, 3.8) is 0 Å². The van der Waals surface area contributed by atoms with Crippen LogP contribution in [0.5, 0.6) is 17.2 Å². The number of fused-ring (bicyclic) bond motifs is 1. The third kappa shape index (κ3) is 4.34. The van der Waals surface area contributed by atoms with Gasteiger partial charge in [-0.05, 0) is 49.2 Å². The van der Waals surface area contributed by atoms with Gasteiger partial charge in [0.05, 0.1) is 11.4 Å². The van der Waals surface area contributed by atoms with Crippen LogP contribution in [-0.2, 0) is 11.0 Å². The summed E-state index contributed by atoms with van der Waals surface area (Å²) >= 11 is 0. The molecule has 0 N–H and O–H groups in total. The molecule has 0 bridgehead atoms. The third-order valence-corrected chi connectivity index (χ3v) is 4.13. The van der Waals surface area contributed by atoms with E-state index in [1.165, 1.54) is 24.3 Å². The van der Waals surface area contributed by atoms with Crippen LogP contribution in [0.2, 0.25) is 0 Å². The van der Waals surface area contributed by atoms with E-state index in [4.69, 9.17) is 13.9 Å². The molecule has 3 rings (SSSR count). The Morgan fingerprint density at radius 1 is 1.07 bits per heavy atom. The third-order valence-electron chi connectivity index (χ3n) is 4.13. The Hall–Kier alpha value is -3.49. The number of alkyl halides is 3. The minimum absolute atomic E-state index is 0.0548. The number of halogens is 3. The van der Waals surface area contributed by atoms with Crippen LogP contribution in [-0.4, -0.2) is 12.6 Å². The van der Waals surface area contributed by atoms with Crippen molar-refractivity contribution < 1.29 is 37.0 Å². The highest BCUT2D eigenvalue weighted by molar-refractivity contribution is 5.80. The molecule has 0 aliphatic heterocycles. The van der Waals surface area contributed by atoms with Crippen LogP contribution in [0.3, 0.4) is 0 Å². The molecule has 0 saturated heterocycles. The zero-order chi connectivity index (χ0) is 21.3. The topological polar surface area (TPSA) is 88.8 Å². The number of aliphatic carboxylic acids is 1. The number of ether oxygens (including phenoxy) is 2. The van der Waals surface area contributed by atoms with Gasteiger partial charge in [0.1, 0.15) is 23.7 Å². The maximum Gasteiger partial charge on any atom is 0.453 e. The highest BCUT2D eigenvalue weighted by Gasteiger charge is 2.40. The van der Waals surface area contributed by atoms with E-state index in [2.05, 4.69) is 0 Å². The molecule has 0 atom stereocenters. The summed E-state index contributed by atoms with van der Waals surface area (Å²) in [4.78, 5) is 23.2. The van der Waals surface area contributed by atoms with Crippen LogP contribution in [0, 0.1) is 13.8 Å². The van der Waals surface area contributed by atoms with Gasteiger partial charge >= 0.3 is 6.18 Å². The lowest BCUT2D eigenvalue weighted by atomic mass is 10.1. The van der Waals surface area contributed by atoms with Crippen LogP contribution in [0.15, 0.2) is 45.6 Å². The fourth-order valence-electron chi connectivity index (χ4n) is 2.56. The van der Waals surface area contributed by atoms with Crippen molar-refractivity contribution in [1.29, 1.82) is 0 Å². The van der Waals surface area contributed by atoms with Crippen molar-refractivity contribution >= 4 is 16.9 Å². The van der Waals surface area contributed by atoms with Crippen LogP contribution in [0.4, 0.5) is 13.2 Å². The van der Waals surface area contributed by atoms with E-state index in [0.717, 1.165) is 17.2 Å². The summed E-state index contributed by atoms with van der Waals surface area (Å²) in [6.45, 7) is 2.77. The first-order valence-corrected chi connectivity index (χ1v) is 8.32. The number of carboxylic acids is 1. The molecule has 0 saturated carbocycles. The minimum atomic E-state index is -5.01. The minimum Gasteiger partial charge on any atom is -0.546 e. The molecule has 0 amide bonds. The van der Waals surface area contributed by atoms with E-state index in [1.54, 1.807) is 13.0 Å².